The Bertz CT molecular complexity index is 669. The van der Waals surface area contributed by atoms with Gasteiger partial charge in [-0.1, -0.05) is 12.1 Å². The second-order valence-corrected chi connectivity index (χ2v) is 7.13. The van der Waals surface area contributed by atoms with E-state index in [0.717, 1.165) is 0 Å². The number of hydrogen-bond acceptors (Lipinski definition) is 5. The molecule has 0 spiro atoms. The highest BCUT2D eigenvalue weighted by atomic mass is 31.2. The molecule has 1 aromatic rings. The Kier molecular flexibility index (Phi) is 8.36. The first kappa shape index (κ1) is 20.9. The first-order valence-electron chi connectivity index (χ1n) is 7.79. The maximum atomic E-state index is 12.5. The second kappa shape index (κ2) is 10.00. The van der Waals surface area contributed by atoms with E-state index in [9.17, 15) is 14.2 Å². The summed E-state index contributed by atoms with van der Waals surface area (Å²) in [7, 11) is -3.23. The molecule has 0 heterocycles. The van der Waals surface area contributed by atoms with Crippen LogP contribution in [0.25, 0.3) is 0 Å². The summed E-state index contributed by atoms with van der Waals surface area (Å²) >= 11 is 0. The fraction of sp³-hybridized carbons (Fsp3) is 0.412. The Morgan fingerprint density at radius 2 is 1.80 bits per heavy atom. The van der Waals surface area contributed by atoms with Crippen molar-refractivity contribution in [3.05, 3.63) is 35.4 Å². The molecular weight excluding hydrogens is 345 g/mol. The Balaban J connectivity index is 2.81. The molecule has 8 heteroatoms. The Morgan fingerprint density at radius 1 is 1.24 bits per heavy atom. The number of carbonyl (C=O) groups is 2. The van der Waals surface area contributed by atoms with Gasteiger partial charge in [-0.2, -0.15) is 0 Å². The minimum Gasteiger partial charge on any atom is -0.480 e. The van der Waals surface area contributed by atoms with Gasteiger partial charge in [0.2, 0.25) is 0 Å². The van der Waals surface area contributed by atoms with Crippen molar-refractivity contribution in [2.45, 2.75) is 32.5 Å². The number of carbonyl (C=O) groups excluding carboxylic acids is 1. The van der Waals surface area contributed by atoms with E-state index >= 15 is 0 Å². The van der Waals surface area contributed by atoms with Gasteiger partial charge < -0.3 is 19.5 Å². The van der Waals surface area contributed by atoms with Crippen LogP contribution in [-0.2, 0) is 24.6 Å². The van der Waals surface area contributed by atoms with Gasteiger partial charge in [-0.25, -0.2) is 4.79 Å². The molecule has 0 unspecified atom stereocenters. The van der Waals surface area contributed by atoms with Gasteiger partial charge in [0.25, 0.3) is 5.91 Å². The third-order valence-corrected chi connectivity index (χ3v) is 5.22. The van der Waals surface area contributed by atoms with Crippen LogP contribution in [0.1, 0.15) is 36.2 Å². The summed E-state index contributed by atoms with van der Waals surface area (Å²) in [4.78, 5) is 23.1. The summed E-state index contributed by atoms with van der Waals surface area (Å²) in [5.74, 6) is 0.464. The van der Waals surface area contributed by atoms with Crippen molar-refractivity contribution in [1.82, 2.24) is 5.32 Å². The van der Waals surface area contributed by atoms with E-state index in [4.69, 9.17) is 20.6 Å². The Morgan fingerprint density at radius 3 is 2.24 bits per heavy atom. The van der Waals surface area contributed by atoms with Gasteiger partial charge in [0.05, 0.1) is 19.4 Å². The molecule has 0 radical (unpaired) electrons. The first-order chi connectivity index (χ1) is 11.8. The van der Waals surface area contributed by atoms with E-state index in [1.54, 1.807) is 26.0 Å². The lowest BCUT2D eigenvalue weighted by Gasteiger charge is -2.17. The molecule has 1 rings (SSSR count). The molecule has 1 atom stereocenters. The lowest BCUT2D eigenvalue weighted by molar-refractivity contribution is -0.139. The van der Waals surface area contributed by atoms with Crippen LogP contribution < -0.4 is 5.32 Å². The molecule has 0 aromatic heterocycles. The molecular formula is C17H22NO6P. The fourth-order valence-corrected chi connectivity index (χ4v) is 3.77. The molecule has 0 saturated carbocycles. The minimum absolute atomic E-state index is 0.0887. The molecule has 0 aliphatic carbocycles. The smallest absolute Gasteiger partial charge is 0.335 e. The van der Waals surface area contributed by atoms with Crippen LogP contribution in [0.5, 0.6) is 0 Å². The van der Waals surface area contributed by atoms with E-state index in [-0.39, 0.29) is 31.4 Å². The van der Waals surface area contributed by atoms with Crippen molar-refractivity contribution in [2.75, 3.05) is 13.2 Å². The van der Waals surface area contributed by atoms with E-state index in [1.165, 1.54) is 12.1 Å². The number of nitrogens with one attached hydrogen (secondary N) is 1. The van der Waals surface area contributed by atoms with Gasteiger partial charge in [0.1, 0.15) is 6.04 Å². The number of benzene rings is 1. The Hall–Kier alpha value is -2.13. The van der Waals surface area contributed by atoms with Crippen LogP contribution in [-0.4, -0.2) is 36.2 Å². The van der Waals surface area contributed by atoms with Crippen LogP contribution >= 0.6 is 7.60 Å². The number of rotatable bonds is 10. The number of carboxylic acid groups (broad SMARTS) is 1. The lowest BCUT2D eigenvalue weighted by atomic mass is 10.1. The fourth-order valence-electron chi connectivity index (χ4n) is 2.07. The van der Waals surface area contributed by atoms with E-state index in [1.807, 2.05) is 0 Å². The summed E-state index contributed by atoms with van der Waals surface area (Å²) in [6.45, 7) is 4.00. The van der Waals surface area contributed by atoms with E-state index in [0.29, 0.717) is 5.56 Å². The van der Waals surface area contributed by atoms with Gasteiger partial charge in [0.15, 0.2) is 0 Å². The molecule has 0 aliphatic heterocycles. The molecule has 25 heavy (non-hydrogen) atoms. The van der Waals surface area contributed by atoms with E-state index < -0.39 is 25.5 Å². The summed E-state index contributed by atoms with van der Waals surface area (Å²) in [5.41, 5.74) is 0.954. The first-order valence-corrected chi connectivity index (χ1v) is 9.52. The molecule has 0 aliphatic rings. The SMILES string of the molecule is C#CC[C@@H](NC(=O)c1ccc(CP(=O)(OCC)OCC)cc1)C(=O)O. The topological polar surface area (TPSA) is 102 Å². The maximum Gasteiger partial charge on any atom is 0.335 e. The van der Waals surface area contributed by atoms with E-state index in [2.05, 4.69) is 11.2 Å². The van der Waals surface area contributed by atoms with Gasteiger partial charge in [0, 0.05) is 12.0 Å². The van der Waals surface area contributed by atoms with Gasteiger partial charge >= 0.3 is 13.6 Å². The highest BCUT2D eigenvalue weighted by molar-refractivity contribution is 7.53. The summed E-state index contributed by atoms with van der Waals surface area (Å²) < 4.78 is 22.9. The summed E-state index contributed by atoms with van der Waals surface area (Å²) in [5, 5.41) is 11.4. The van der Waals surface area contributed by atoms with Crippen LogP contribution in [0.4, 0.5) is 0 Å². The number of amides is 1. The highest BCUT2D eigenvalue weighted by Gasteiger charge is 2.24. The molecule has 1 aromatic carbocycles. The molecule has 0 fully saturated rings. The molecule has 1 amide bonds. The number of carboxylic acids is 1. The molecule has 2 N–H and O–H groups in total. The zero-order chi connectivity index (χ0) is 18.9. The highest BCUT2D eigenvalue weighted by Crippen LogP contribution is 2.51. The normalized spacial score (nSPS) is 12.2. The van der Waals surface area contributed by atoms with Crippen LogP contribution in [0.3, 0.4) is 0 Å². The predicted molar refractivity (Wildman–Crippen MR) is 93.3 cm³/mol. The van der Waals surface area contributed by atoms with Crippen molar-refractivity contribution >= 4 is 19.5 Å². The van der Waals surface area contributed by atoms with Crippen molar-refractivity contribution in [3.8, 4) is 12.3 Å². The minimum atomic E-state index is -3.23. The second-order valence-electron chi connectivity index (χ2n) is 5.07. The van der Waals surface area contributed by atoms with Crippen LogP contribution in [0.2, 0.25) is 0 Å². The van der Waals surface area contributed by atoms with Crippen LogP contribution in [0, 0.1) is 12.3 Å². The lowest BCUT2D eigenvalue weighted by Crippen LogP contribution is -2.40. The third-order valence-electron chi connectivity index (χ3n) is 3.17. The Labute approximate surface area is 147 Å². The van der Waals surface area contributed by atoms with Crippen molar-refractivity contribution in [3.63, 3.8) is 0 Å². The third kappa shape index (κ3) is 6.71. The van der Waals surface area contributed by atoms with Gasteiger partial charge in [-0.3, -0.25) is 9.36 Å². The molecule has 7 nitrogen and oxygen atoms in total. The zero-order valence-corrected chi connectivity index (χ0v) is 15.1. The molecule has 0 bridgehead atoms. The monoisotopic (exact) mass is 367 g/mol. The van der Waals surface area contributed by atoms with Crippen molar-refractivity contribution < 1.29 is 28.3 Å². The molecule has 0 saturated heterocycles. The quantitative estimate of drug-likeness (QED) is 0.487. The number of aliphatic carboxylic acids is 1. The average molecular weight is 367 g/mol. The standard InChI is InChI=1S/C17H22NO6P/c1-4-7-15(17(20)21)18-16(19)14-10-8-13(9-11-14)12-25(22,23-5-2)24-6-3/h1,8-11,15H,5-7,12H2,2-3H3,(H,18,19)(H,20,21)/t15-/m1/s1. The maximum absolute atomic E-state index is 12.5. The van der Waals surface area contributed by atoms with Crippen LogP contribution in [0.15, 0.2) is 24.3 Å². The average Bonchev–Trinajstić information content (AvgIpc) is 2.55. The van der Waals surface area contributed by atoms with Crippen molar-refractivity contribution in [1.29, 1.82) is 0 Å². The predicted octanol–water partition coefficient (Wildman–Crippen LogP) is 2.66. The van der Waals surface area contributed by atoms with Gasteiger partial charge in [-0.15, -0.1) is 12.3 Å². The summed E-state index contributed by atoms with van der Waals surface area (Å²) in [6, 6.07) is 5.13. The summed E-state index contributed by atoms with van der Waals surface area (Å²) in [6.07, 6.45) is 5.08. The largest absolute Gasteiger partial charge is 0.480 e. The zero-order valence-electron chi connectivity index (χ0n) is 14.2. The number of terminal acetylenes is 1. The van der Waals surface area contributed by atoms with Gasteiger partial charge in [-0.05, 0) is 31.5 Å². The van der Waals surface area contributed by atoms with Crippen molar-refractivity contribution in [2.24, 2.45) is 0 Å². The molecule has 136 valence electrons. The number of hydrogen-bond donors (Lipinski definition) is 2.